The van der Waals surface area contributed by atoms with E-state index in [1.165, 1.54) is 0 Å². The van der Waals surface area contributed by atoms with Crippen molar-refractivity contribution in [1.29, 1.82) is 0 Å². The molecule has 118 valence electrons. The van der Waals surface area contributed by atoms with E-state index < -0.39 is 9.96 Å². The van der Waals surface area contributed by atoms with Crippen LogP contribution in [0.2, 0.25) is 0 Å². The lowest BCUT2D eigenvalue weighted by Crippen LogP contribution is -3.03. The molecular formula is C14H20Cl3N2O2+. The van der Waals surface area contributed by atoms with E-state index in [9.17, 15) is 4.79 Å². The molecule has 3 N–H and O–H groups in total. The average molecular weight is 355 g/mol. The van der Waals surface area contributed by atoms with E-state index in [-0.39, 0.29) is 11.4 Å². The number of nitrogens with one attached hydrogen (secondary N) is 1. The van der Waals surface area contributed by atoms with Crippen LogP contribution in [0.15, 0.2) is 24.3 Å². The van der Waals surface area contributed by atoms with Gasteiger partial charge in [-0.15, -0.1) is 0 Å². The van der Waals surface area contributed by atoms with Gasteiger partial charge in [-0.1, -0.05) is 34.8 Å². The Balaban J connectivity index is 2.84. The van der Waals surface area contributed by atoms with E-state index in [4.69, 9.17) is 39.5 Å². The molecule has 0 saturated heterocycles. The molecule has 0 spiro atoms. The molecule has 1 atom stereocenters. The number of ether oxygens (including phenoxy) is 1. The van der Waals surface area contributed by atoms with Gasteiger partial charge < -0.3 is 10.1 Å². The van der Waals surface area contributed by atoms with Gasteiger partial charge in [0.2, 0.25) is 6.17 Å². The Labute approximate surface area is 140 Å². The van der Waals surface area contributed by atoms with Crippen LogP contribution in [0.4, 0.5) is 0 Å². The van der Waals surface area contributed by atoms with Crippen molar-refractivity contribution in [3.63, 3.8) is 0 Å². The highest BCUT2D eigenvalue weighted by Gasteiger charge is 2.40. The van der Waals surface area contributed by atoms with E-state index in [2.05, 4.69) is 5.32 Å². The molecule has 0 aliphatic rings. The van der Waals surface area contributed by atoms with Gasteiger partial charge in [0.15, 0.2) is 0 Å². The van der Waals surface area contributed by atoms with E-state index in [1.54, 1.807) is 36.7 Å². The van der Waals surface area contributed by atoms with Gasteiger partial charge in [-0.05, 0) is 45.0 Å². The average Bonchev–Trinajstić information content (AvgIpc) is 2.35. The Morgan fingerprint density at radius 1 is 1.19 bits per heavy atom. The third-order valence-corrected chi connectivity index (χ3v) is 3.36. The summed E-state index contributed by atoms with van der Waals surface area (Å²) >= 11 is 17.8. The Morgan fingerprint density at radius 2 is 1.71 bits per heavy atom. The highest BCUT2D eigenvalue weighted by molar-refractivity contribution is 6.68. The number of rotatable bonds is 4. The Morgan fingerprint density at radius 3 is 2.10 bits per heavy atom. The largest absolute Gasteiger partial charge is 0.497 e. The van der Waals surface area contributed by atoms with Crippen molar-refractivity contribution in [3.8, 4) is 5.75 Å². The fourth-order valence-electron chi connectivity index (χ4n) is 1.68. The molecule has 0 fully saturated rings. The topological polar surface area (TPSA) is 54.9 Å². The summed E-state index contributed by atoms with van der Waals surface area (Å²) in [6.07, 6.45) is -0.697. The monoisotopic (exact) mass is 353 g/mol. The summed E-state index contributed by atoms with van der Waals surface area (Å²) in [5, 5.41) is 4.54. The van der Waals surface area contributed by atoms with Crippen molar-refractivity contribution in [2.75, 3.05) is 7.11 Å². The number of alkyl halides is 3. The number of carbonyl (C=O) groups excluding carboxylic acids is 1. The van der Waals surface area contributed by atoms with Crippen LogP contribution >= 0.6 is 34.8 Å². The number of amides is 1. The molecular weight excluding hydrogens is 335 g/mol. The molecule has 7 heteroatoms. The molecule has 0 heterocycles. The summed E-state index contributed by atoms with van der Waals surface area (Å²) in [7, 11) is 1.56. The van der Waals surface area contributed by atoms with E-state index >= 15 is 0 Å². The number of quaternary nitrogens is 1. The molecule has 0 aliphatic heterocycles. The van der Waals surface area contributed by atoms with Crippen LogP contribution in [-0.4, -0.2) is 28.5 Å². The maximum Gasteiger partial charge on any atom is 0.262 e. The smallest absolute Gasteiger partial charge is 0.262 e. The maximum absolute atomic E-state index is 12.2. The first kappa shape index (κ1) is 18.4. The van der Waals surface area contributed by atoms with Crippen LogP contribution in [0.5, 0.6) is 5.75 Å². The number of hydrogen-bond acceptors (Lipinski definition) is 2. The Hall–Kier alpha value is -0.680. The first-order valence-electron chi connectivity index (χ1n) is 6.40. The fourth-order valence-corrected chi connectivity index (χ4v) is 2.04. The van der Waals surface area contributed by atoms with Gasteiger partial charge in [0.25, 0.3) is 9.70 Å². The van der Waals surface area contributed by atoms with Crippen LogP contribution in [-0.2, 0) is 0 Å². The fraction of sp³-hybridized carbons (Fsp3) is 0.500. The van der Waals surface area contributed by atoms with Crippen LogP contribution in [0, 0.1) is 0 Å². The second kappa shape index (κ2) is 7.05. The van der Waals surface area contributed by atoms with Gasteiger partial charge >= 0.3 is 0 Å². The molecule has 1 aromatic carbocycles. The standard InChI is InChI=1S/C14H19Cl3N2O2/c1-13(2,3)19-12(14(15,16)17)18-11(20)9-5-7-10(21-4)8-6-9/h5-8,12,19H,1-4H3,(H,18,20)/p+1/t12-/m0/s1. The van der Waals surface area contributed by atoms with Crippen molar-refractivity contribution >= 4 is 40.7 Å². The van der Waals surface area contributed by atoms with Crippen molar-refractivity contribution in [2.24, 2.45) is 0 Å². The lowest BCUT2D eigenvalue weighted by Gasteiger charge is -2.29. The number of methoxy groups -OCH3 is 1. The van der Waals surface area contributed by atoms with Crippen molar-refractivity contribution in [3.05, 3.63) is 29.8 Å². The predicted molar refractivity (Wildman–Crippen MR) is 86.2 cm³/mol. The third kappa shape index (κ3) is 6.30. The maximum atomic E-state index is 12.2. The van der Waals surface area contributed by atoms with Gasteiger partial charge in [-0.2, -0.15) is 0 Å². The molecule has 1 aromatic rings. The first-order valence-corrected chi connectivity index (χ1v) is 7.54. The molecule has 0 saturated carbocycles. The number of hydrogen-bond donors (Lipinski definition) is 2. The van der Waals surface area contributed by atoms with Gasteiger partial charge in [0.1, 0.15) is 5.75 Å². The summed E-state index contributed by atoms with van der Waals surface area (Å²) in [6.45, 7) is 5.90. The number of benzene rings is 1. The minimum atomic E-state index is -1.62. The molecule has 21 heavy (non-hydrogen) atoms. The van der Waals surface area contributed by atoms with Gasteiger partial charge in [-0.3, -0.25) is 10.1 Å². The second-order valence-corrected chi connectivity index (χ2v) is 8.12. The molecule has 4 nitrogen and oxygen atoms in total. The molecule has 0 unspecified atom stereocenters. The van der Waals surface area contributed by atoms with Crippen LogP contribution in [0.3, 0.4) is 0 Å². The van der Waals surface area contributed by atoms with Crippen molar-refractivity contribution < 1.29 is 14.8 Å². The number of carbonyl (C=O) groups is 1. The SMILES string of the molecule is COc1ccc(C(=O)N[C@@H]([NH2+]C(C)(C)C)C(Cl)(Cl)Cl)cc1. The highest BCUT2D eigenvalue weighted by atomic mass is 35.6. The molecule has 1 rings (SSSR count). The molecule has 0 aromatic heterocycles. The second-order valence-electron chi connectivity index (χ2n) is 5.75. The van der Waals surface area contributed by atoms with E-state index in [0.29, 0.717) is 11.3 Å². The van der Waals surface area contributed by atoms with E-state index in [0.717, 1.165) is 0 Å². The van der Waals surface area contributed by atoms with E-state index in [1.807, 2.05) is 20.8 Å². The summed E-state index contributed by atoms with van der Waals surface area (Å²) in [5.41, 5.74) is 0.263. The van der Waals surface area contributed by atoms with Gasteiger partial charge in [-0.25, -0.2) is 0 Å². The summed E-state index contributed by atoms with van der Waals surface area (Å²) < 4.78 is 3.43. The van der Waals surface area contributed by atoms with Gasteiger partial charge in [0.05, 0.1) is 12.6 Å². The van der Waals surface area contributed by atoms with Crippen molar-refractivity contribution in [2.45, 2.75) is 36.3 Å². The third-order valence-electron chi connectivity index (χ3n) is 2.66. The molecule has 0 radical (unpaired) electrons. The van der Waals surface area contributed by atoms with Crippen LogP contribution in [0.25, 0.3) is 0 Å². The zero-order chi connectivity index (χ0) is 16.3. The van der Waals surface area contributed by atoms with Gasteiger partial charge in [0, 0.05) is 5.56 Å². The normalized spacial score (nSPS) is 13.7. The minimum Gasteiger partial charge on any atom is -0.497 e. The number of nitrogens with two attached hydrogens (primary N) is 1. The zero-order valence-electron chi connectivity index (χ0n) is 12.4. The Bertz CT molecular complexity index is 478. The van der Waals surface area contributed by atoms with Crippen LogP contribution < -0.4 is 15.4 Å². The zero-order valence-corrected chi connectivity index (χ0v) is 14.7. The lowest BCUT2D eigenvalue weighted by atomic mass is 10.1. The minimum absolute atomic E-state index is 0.207. The number of halogens is 3. The summed E-state index contributed by atoms with van der Waals surface area (Å²) in [5.74, 6) is 0.361. The van der Waals surface area contributed by atoms with Crippen LogP contribution in [0.1, 0.15) is 31.1 Å². The quantitative estimate of drug-likeness (QED) is 0.645. The highest BCUT2D eigenvalue weighted by Crippen LogP contribution is 2.28. The van der Waals surface area contributed by atoms with Crippen molar-refractivity contribution in [1.82, 2.24) is 5.32 Å². The molecule has 0 bridgehead atoms. The Kier molecular flexibility index (Phi) is 6.17. The summed E-state index contributed by atoms with van der Waals surface area (Å²) in [4.78, 5) is 12.2. The molecule has 0 aliphatic carbocycles. The predicted octanol–water partition coefficient (Wildman–Crippen LogP) is 2.48. The molecule has 1 amide bonds. The first-order chi connectivity index (χ1) is 9.53. The lowest BCUT2D eigenvalue weighted by molar-refractivity contribution is -0.749. The summed E-state index contributed by atoms with van der Waals surface area (Å²) in [6, 6.07) is 6.71.